The summed E-state index contributed by atoms with van der Waals surface area (Å²) < 4.78 is 6.40. The Kier molecular flexibility index (Phi) is 12.7. The fourth-order valence-electron chi connectivity index (χ4n) is 14.5. The first-order valence-electron chi connectivity index (χ1n) is 22.1. The zero-order chi connectivity index (χ0) is 36.6. The Labute approximate surface area is 309 Å². The van der Waals surface area contributed by atoms with Crippen LogP contribution in [0, 0.1) is 56.7 Å². The van der Waals surface area contributed by atoms with Gasteiger partial charge in [-0.05, 0) is 129 Å². The number of aliphatic hydroxyl groups excluding tert-OH is 1. The number of carbonyl (C=O) groups is 1. The Morgan fingerprint density at radius 2 is 1.24 bits per heavy atom. The van der Waals surface area contributed by atoms with Crippen molar-refractivity contribution >= 4 is 5.97 Å². The summed E-state index contributed by atoms with van der Waals surface area (Å²) in [7, 11) is 0. The van der Waals surface area contributed by atoms with E-state index in [0.29, 0.717) is 30.1 Å². The molecule has 0 aliphatic heterocycles. The second-order valence-electron chi connectivity index (χ2n) is 21.0. The summed E-state index contributed by atoms with van der Waals surface area (Å²) in [5.74, 6) is 2.34. The van der Waals surface area contributed by atoms with Gasteiger partial charge in [-0.25, -0.2) is 0 Å². The topological polar surface area (TPSA) is 66.8 Å². The molecule has 2 N–H and O–H groups in total. The number of hydrogen-bond donors (Lipinski definition) is 2. The van der Waals surface area contributed by atoms with Crippen LogP contribution < -0.4 is 0 Å². The number of rotatable bonds is 16. The maximum absolute atomic E-state index is 13.2. The highest BCUT2D eigenvalue weighted by molar-refractivity contribution is 5.69. The van der Waals surface area contributed by atoms with Crippen LogP contribution in [0.2, 0.25) is 0 Å². The Hall–Kier alpha value is -0.610. The molecular weight excluding hydrogens is 617 g/mol. The lowest BCUT2D eigenvalue weighted by Crippen LogP contribution is -2.68. The van der Waals surface area contributed by atoms with Gasteiger partial charge in [-0.1, -0.05) is 126 Å². The fraction of sp³-hybridized carbons (Fsp3) is 0.978. The monoisotopic (exact) mass is 699 g/mol. The van der Waals surface area contributed by atoms with E-state index in [2.05, 4.69) is 48.5 Å². The van der Waals surface area contributed by atoms with E-state index < -0.39 is 5.60 Å². The van der Waals surface area contributed by atoms with E-state index in [1.165, 1.54) is 96.3 Å². The molecule has 11 atom stereocenters. The third kappa shape index (κ3) is 7.40. The minimum absolute atomic E-state index is 0.00886. The first kappa shape index (κ1) is 40.6. The molecule has 4 heteroatoms. The SMILES string of the molecule is CCCCCCCCCCCCCCCC(=O)O[C@H]1CC[C@]2(C)[C@H]3CC[C@H]4[C@H]5[C@H](C(C)(C)O)CC[C@]5(C)[C@@H](O)C[C@@]4(C)[C@]3(C)CC[C@H]2C1(C)C. The number of aliphatic hydroxyl groups is 2. The molecular formula is C46H82O4. The van der Waals surface area contributed by atoms with Gasteiger partial charge >= 0.3 is 5.97 Å². The van der Waals surface area contributed by atoms with Gasteiger partial charge in [0.25, 0.3) is 0 Å². The molecule has 0 unspecified atom stereocenters. The van der Waals surface area contributed by atoms with Crippen LogP contribution in [0.25, 0.3) is 0 Å². The summed E-state index contributed by atoms with van der Waals surface area (Å²) in [6.45, 7) is 21.3. The molecule has 5 aliphatic rings. The molecule has 5 rings (SSSR count). The van der Waals surface area contributed by atoms with E-state index in [-0.39, 0.29) is 51.2 Å². The molecule has 290 valence electrons. The Bertz CT molecular complexity index is 1120. The van der Waals surface area contributed by atoms with Crippen molar-refractivity contribution in [3.05, 3.63) is 0 Å². The molecule has 5 saturated carbocycles. The predicted molar refractivity (Wildman–Crippen MR) is 208 cm³/mol. The van der Waals surface area contributed by atoms with Crippen molar-refractivity contribution in [1.82, 2.24) is 0 Å². The van der Waals surface area contributed by atoms with Crippen molar-refractivity contribution < 1.29 is 19.7 Å². The van der Waals surface area contributed by atoms with E-state index in [9.17, 15) is 15.0 Å². The lowest BCUT2D eigenvalue weighted by molar-refractivity contribution is -0.267. The van der Waals surface area contributed by atoms with Crippen molar-refractivity contribution in [3.63, 3.8) is 0 Å². The average molecular weight is 699 g/mol. The molecule has 5 aliphatic carbocycles. The zero-order valence-corrected chi connectivity index (χ0v) is 34.5. The normalized spacial score (nSPS) is 42.3. The van der Waals surface area contributed by atoms with Gasteiger partial charge in [0.15, 0.2) is 0 Å². The van der Waals surface area contributed by atoms with Crippen LogP contribution in [0.4, 0.5) is 0 Å². The maximum Gasteiger partial charge on any atom is 0.306 e. The van der Waals surface area contributed by atoms with Gasteiger partial charge < -0.3 is 14.9 Å². The second kappa shape index (κ2) is 15.6. The van der Waals surface area contributed by atoms with Gasteiger partial charge in [-0.3, -0.25) is 4.79 Å². The van der Waals surface area contributed by atoms with E-state index in [1.54, 1.807) is 0 Å². The largest absolute Gasteiger partial charge is 0.462 e. The number of fused-ring (bicyclic) bond motifs is 7. The number of ether oxygens (including phenoxy) is 1. The van der Waals surface area contributed by atoms with Crippen molar-refractivity contribution in [2.45, 2.75) is 228 Å². The highest BCUT2D eigenvalue weighted by atomic mass is 16.5. The summed E-state index contributed by atoms with van der Waals surface area (Å²) >= 11 is 0. The Morgan fingerprint density at radius 1 is 0.680 bits per heavy atom. The van der Waals surface area contributed by atoms with Crippen LogP contribution in [-0.4, -0.2) is 34.0 Å². The van der Waals surface area contributed by atoms with Crippen LogP contribution in [0.3, 0.4) is 0 Å². The van der Waals surface area contributed by atoms with E-state index in [1.807, 2.05) is 13.8 Å². The van der Waals surface area contributed by atoms with Crippen molar-refractivity contribution in [2.75, 3.05) is 0 Å². The van der Waals surface area contributed by atoms with Gasteiger partial charge in [0.05, 0.1) is 11.7 Å². The third-order valence-corrected chi connectivity index (χ3v) is 17.5. The Morgan fingerprint density at radius 3 is 1.82 bits per heavy atom. The van der Waals surface area contributed by atoms with Gasteiger partial charge in [0.2, 0.25) is 0 Å². The van der Waals surface area contributed by atoms with Crippen molar-refractivity contribution in [1.29, 1.82) is 0 Å². The molecule has 0 amide bonds. The Balaban J connectivity index is 1.14. The standard InChI is InChI=1S/C46H82O4/c1-10-11-12-13-14-15-16-17-18-19-20-21-22-23-39(48)50-38-28-30-43(6)35(41(38,2)3)27-31-45(8)36(43)25-24-34-40-33(42(4,5)49)26-29-44(40,7)37(47)32-46(34,45)9/h33-38,40,47,49H,10-32H2,1-9H3/t33-,34+,35+,36-,37+,38+,40-,43+,44-,45-,46-/m1/s1. The number of carbonyl (C=O) groups excluding carboxylic acids is 1. The lowest BCUT2D eigenvalue weighted by Gasteiger charge is -2.73. The molecule has 0 saturated heterocycles. The molecule has 0 aromatic carbocycles. The van der Waals surface area contributed by atoms with Crippen molar-refractivity contribution in [3.8, 4) is 0 Å². The average Bonchev–Trinajstić information content (AvgIpc) is 3.41. The smallest absolute Gasteiger partial charge is 0.306 e. The quantitative estimate of drug-likeness (QED) is 0.124. The fourth-order valence-corrected chi connectivity index (χ4v) is 14.5. The minimum atomic E-state index is -0.714. The van der Waals surface area contributed by atoms with E-state index in [4.69, 9.17) is 4.74 Å². The summed E-state index contributed by atoms with van der Waals surface area (Å²) in [5.41, 5.74) is -0.420. The minimum Gasteiger partial charge on any atom is -0.462 e. The van der Waals surface area contributed by atoms with Crippen LogP contribution in [0.5, 0.6) is 0 Å². The molecule has 0 aromatic rings. The van der Waals surface area contributed by atoms with Crippen LogP contribution >= 0.6 is 0 Å². The molecule has 0 aromatic heterocycles. The van der Waals surface area contributed by atoms with Gasteiger partial charge in [-0.15, -0.1) is 0 Å². The maximum atomic E-state index is 13.2. The third-order valence-electron chi connectivity index (χ3n) is 17.5. The van der Waals surface area contributed by atoms with Crippen molar-refractivity contribution in [2.24, 2.45) is 56.7 Å². The van der Waals surface area contributed by atoms with Crippen LogP contribution in [0.1, 0.15) is 210 Å². The molecule has 0 bridgehead atoms. The lowest BCUT2D eigenvalue weighted by atomic mass is 9.32. The van der Waals surface area contributed by atoms with E-state index in [0.717, 1.165) is 44.9 Å². The first-order chi connectivity index (χ1) is 23.5. The second-order valence-corrected chi connectivity index (χ2v) is 21.0. The molecule has 4 nitrogen and oxygen atoms in total. The molecule has 0 spiro atoms. The zero-order valence-electron chi connectivity index (χ0n) is 34.5. The first-order valence-corrected chi connectivity index (χ1v) is 22.1. The highest BCUT2D eigenvalue weighted by Crippen LogP contribution is 2.77. The molecule has 50 heavy (non-hydrogen) atoms. The highest BCUT2D eigenvalue weighted by Gasteiger charge is 2.72. The molecule has 5 fully saturated rings. The molecule has 0 heterocycles. The summed E-state index contributed by atoms with van der Waals surface area (Å²) in [4.78, 5) is 13.2. The van der Waals surface area contributed by atoms with Crippen LogP contribution in [-0.2, 0) is 9.53 Å². The van der Waals surface area contributed by atoms with Gasteiger partial charge in [0, 0.05) is 11.8 Å². The summed E-state index contributed by atoms with van der Waals surface area (Å²) in [6.07, 6.45) is 27.3. The summed E-state index contributed by atoms with van der Waals surface area (Å²) in [5, 5.41) is 23.4. The van der Waals surface area contributed by atoms with E-state index >= 15 is 0 Å². The van der Waals surface area contributed by atoms with Crippen LogP contribution in [0.15, 0.2) is 0 Å². The summed E-state index contributed by atoms with van der Waals surface area (Å²) in [6, 6.07) is 0. The number of esters is 1. The van der Waals surface area contributed by atoms with Gasteiger partial charge in [-0.2, -0.15) is 0 Å². The molecule has 0 radical (unpaired) electrons. The van der Waals surface area contributed by atoms with Gasteiger partial charge in [0.1, 0.15) is 6.10 Å². The number of hydrogen-bond acceptors (Lipinski definition) is 4. The number of unbranched alkanes of at least 4 members (excludes halogenated alkanes) is 12. The predicted octanol–water partition coefficient (Wildman–Crippen LogP) is 12.2.